The van der Waals surface area contributed by atoms with Crippen LogP contribution in [0.1, 0.15) is 29.1 Å². The fourth-order valence-electron chi connectivity index (χ4n) is 1.79. The van der Waals surface area contributed by atoms with Crippen molar-refractivity contribution in [3.8, 4) is 5.75 Å². The molecular weight excluding hydrogens is 355 g/mol. The Morgan fingerprint density at radius 3 is 2.61 bits per heavy atom. The van der Waals surface area contributed by atoms with Gasteiger partial charge in [-0.05, 0) is 13.0 Å². The van der Waals surface area contributed by atoms with E-state index in [1.807, 2.05) is 0 Å². The van der Waals surface area contributed by atoms with Crippen LogP contribution in [0.25, 0.3) is 0 Å². The molecule has 1 atom stereocenters. The number of aromatic nitrogens is 2. The number of benzene rings is 1. The van der Waals surface area contributed by atoms with Crippen molar-refractivity contribution in [2.45, 2.75) is 13.0 Å². The molecule has 0 spiro atoms. The Balaban J connectivity index is 2.41. The van der Waals surface area contributed by atoms with E-state index in [2.05, 4.69) is 10.2 Å². The summed E-state index contributed by atoms with van der Waals surface area (Å²) in [5, 5.41) is 15.0. The molecule has 122 valence electrons. The van der Waals surface area contributed by atoms with Crippen LogP contribution in [-0.4, -0.2) is 21.3 Å². The Hall–Kier alpha value is -2.19. The van der Waals surface area contributed by atoms with Gasteiger partial charge in [0.15, 0.2) is 28.9 Å². The molecule has 1 heterocycles. The number of carbonyl (C=O) groups is 1. The molecule has 0 aliphatic heterocycles. The van der Waals surface area contributed by atoms with Crippen LogP contribution in [0.4, 0.5) is 14.6 Å². The van der Waals surface area contributed by atoms with E-state index in [4.69, 9.17) is 38.8 Å². The zero-order valence-electron chi connectivity index (χ0n) is 11.5. The lowest BCUT2D eigenvalue weighted by molar-refractivity contribution is 0.0688. The lowest BCUT2D eigenvalue weighted by Gasteiger charge is -2.19. The predicted octanol–water partition coefficient (Wildman–Crippen LogP) is 3.48. The number of aromatic carboxylic acids is 1. The Morgan fingerprint density at radius 1 is 1.35 bits per heavy atom. The third-order valence-corrected chi connectivity index (χ3v) is 3.55. The van der Waals surface area contributed by atoms with Gasteiger partial charge in [0.1, 0.15) is 6.10 Å². The molecular formula is C13H9Cl2F2N3O3. The predicted molar refractivity (Wildman–Crippen MR) is 78.8 cm³/mol. The zero-order chi connectivity index (χ0) is 17.3. The van der Waals surface area contributed by atoms with Crippen molar-refractivity contribution in [2.75, 3.05) is 5.73 Å². The summed E-state index contributed by atoms with van der Waals surface area (Å²) in [6.45, 7) is 1.45. The Kier molecular flexibility index (Phi) is 4.86. The zero-order valence-corrected chi connectivity index (χ0v) is 13.0. The molecule has 6 nitrogen and oxygen atoms in total. The normalized spacial score (nSPS) is 12.0. The third-order valence-electron chi connectivity index (χ3n) is 2.86. The van der Waals surface area contributed by atoms with Crippen LogP contribution in [0.15, 0.2) is 12.1 Å². The standard InChI is InChI=1S/C13H9Cl2F2N3O3/c1-4(9-5(14)2-6(16)11(17)10(9)15)23-8-3-7(13(21)22)19-20-12(8)18/h2-4H,1H3,(H2,18,20)(H,21,22). The van der Waals surface area contributed by atoms with Gasteiger partial charge in [-0.1, -0.05) is 23.2 Å². The minimum atomic E-state index is -1.33. The van der Waals surface area contributed by atoms with Gasteiger partial charge in [0.2, 0.25) is 0 Å². The molecule has 3 N–H and O–H groups in total. The fraction of sp³-hybridized carbons (Fsp3) is 0.154. The van der Waals surface area contributed by atoms with E-state index < -0.39 is 34.4 Å². The highest BCUT2D eigenvalue weighted by atomic mass is 35.5. The van der Waals surface area contributed by atoms with Gasteiger partial charge in [-0.2, -0.15) is 0 Å². The summed E-state index contributed by atoms with van der Waals surface area (Å²) in [7, 11) is 0. The molecule has 1 unspecified atom stereocenters. The molecule has 0 aliphatic rings. The topological polar surface area (TPSA) is 98.3 Å². The van der Waals surface area contributed by atoms with Crippen LogP contribution < -0.4 is 10.5 Å². The third kappa shape index (κ3) is 3.43. The van der Waals surface area contributed by atoms with Crippen molar-refractivity contribution in [2.24, 2.45) is 0 Å². The second kappa shape index (κ2) is 6.51. The van der Waals surface area contributed by atoms with Gasteiger partial charge >= 0.3 is 5.97 Å². The molecule has 0 amide bonds. The first kappa shape index (κ1) is 17.2. The Labute approximate surface area is 138 Å². The van der Waals surface area contributed by atoms with E-state index in [-0.39, 0.29) is 22.2 Å². The Bertz CT molecular complexity index is 790. The van der Waals surface area contributed by atoms with Gasteiger partial charge < -0.3 is 15.6 Å². The number of anilines is 1. The summed E-state index contributed by atoms with van der Waals surface area (Å²) in [5.74, 6) is -4.10. The molecule has 1 aromatic heterocycles. The second-order valence-electron chi connectivity index (χ2n) is 4.43. The smallest absolute Gasteiger partial charge is 0.356 e. The summed E-state index contributed by atoms with van der Waals surface area (Å²) in [6, 6.07) is 1.80. The number of carboxylic acid groups (broad SMARTS) is 1. The number of carboxylic acids is 1. The van der Waals surface area contributed by atoms with Crippen molar-refractivity contribution < 1.29 is 23.4 Å². The first-order chi connectivity index (χ1) is 10.7. The van der Waals surface area contributed by atoms with Crippen molar-refractivity contribution in [1.29, 1.82) is 0 Å². The number of hydrogen-bond donors (Lipinski definition) is 2. The minimum absolute atomic E-state index is 0.0136. The lowest BCUT2D eigenvalue weighted by Crippen LogP contribution is -2.11. The molecule has 10 heteroatoms. The van der Waals surface area contributed by atoms with E-state index in [0.717, 1.165) is 12.1 Å². The molecule has 0 saturated heterocycles. The van der Waals surface area contributed by atoms with Gasteiger partial charge in [-0.3, -0.25) is 0 Å². The number of nitrogen functional groups attached to an aromatic ring is 1. The van der Waals surface area contributed by atoms with Crippen LogP contribution in [0.3, 0.4) is 0 Å². The van der Waals surface area contributed by atoms with Crippen molar-refractivity contribution >= 4 is 35.0 Å². The molecule has 0 bridgehead atoms. The number of nitrogens with zero attached hydrogens (tertiary/aromatic N) is 2. The van der Waals surface area contributed by atoms with Gasteiger partial charge in [-0.15, -0.1) is 10.2 Å². The van der Waals surface area contributed by atoms with E-state index in [1.54, 1.807) is 0 Å². The van der Waals surface area contributed by atoms with Crippen LogP contribution in [-0.2, 0) is 0 Å². The van der Waals surface area contributed by atoms with Gasteiger partial charge in [-0.25, -0.2) is 13.6 Å². The highest BCUT2D eigenvalue weighted by Crippen LogP contribution is 2.36. The first-order valence-electron chi connectivity index (χ1n) is 6.08. The summed E-state index contributed by atoms with van der Waals surface area (Å²) in [4.78, 5) is 10.9. The maximum Gasteiger partial charge on any atom is 0.356 e. The average Bonchev–Trinajstić information content (AvgIpc) is 2.47. The van der Waals surface area contributed by atoms with Crippen LogP contribution in [0.5, 0.6) is 5.75 Å². The maximum absolute atomic E-state index is 13.6. The summed E-state index contributed by atoms with van der Waals surface area (Å²) in [5.41, 5.74) is 5.14. The monoisotopic (exact) mass is 363 g/mol. The van der Waals surface area contributed by atoms with Crippen LogP contribution in [0, 0.1) is 11.6 Å². The number of halogens is 4. The number of hydrogen-bond acceptors (Lipinski definition) is 5. The quantitative estimate of drug-likeness (QED) is 0.637. The number of nitrogens with two attached hydrogens (primary N) is 1. The van der Waals surface area contributed by atoms with Gasteiger partial charge in [0, 0.05) is 11.6 Å². The number of rotatable bonds is 4. The number of ether oxygens (including phenoxy) is 1. The van der Waals surface area contributed by atoms with E-state index in [1.165, 1.54) is 6.92 Å². The summed E-state index contributed by atoms with van der Waals surface area (Å²) in [6.07, 6.45) is -0.960. The van der Waals surface area contributed by atoms with Gasteiger partial charge in [0.05, 0.1) is 10.0 Å². The Morgan fingerprint density at radius 2 is 2.00 bits per heavy atom. The first-order valence-corrected chi connectivity index (χ1v) is 6.84. The summed E-state index contributed by atoms with van der Waals surface area (Å²) >= 11 is 11.6. The lowest BCUT2D eigenvalue weighted by atomic mass is 10.1. The fourth-order valence-corrected chi connectivity index (χ4v) is 2.52. The highest BCUT2D eigenvalue weighted by molar-refractivity contribution is 6.36. The molecule has 0 aliphatic carbocycles. The van der Waals surface area contributed by atoms with Crippen molar-refractivity contribution in [3.63, 3.8) is 0 Å². The van der Waals surface area contributed by atoms with Crippen LogP contribution in [0.2, 0.25) is 10.0 Å². The van der Waals surface area contributed by atoms with Crippen molar-refractivity contribution in [3.05, 3.63) is 45.1 Å². The molecule has 1 aromatic carbocycles. The summed E-state index contributed by atoms with van der Waals surface area (Å²) < 4.78 is 32.2. The molecule has 0 fully saturated rings. The van der Waals surface area contributed by atoms with Gasteiger partial charge in [0.25, 0.3) is 0 Å². The molecule has 2 rings (SSSR count). The van der Waals surface area contributed by atoms with E-state index in [0.29, 0.717) is 0 Å². The maximum atomic E-state index is 13.6. The van der Waals surface area contributed by atoms with E-state index >= 15 is 0 Å². The molecule has 23 heavy (non-hydrogen) atoms. The second-order valence-corrected chi connectivity index (χ2v) is 5.21. The molecule has 0 saturated carbocycles. The molecule has 0 radical (unpaired) electrons. The minimum Gasteiger partial charge on any atom is -0.482 e. The highest BCUT2D eigenvalue weighted by Gasteiger charge is 2.23. The largest absolute Gasteiger partial charge is 0.482 e. The van der Waals surface area contributed by atoms with Crippen molar-refractivity contribution in [1.82, 2.24) is 10.2 Å². The van der Waals surface area contributed by atoms with Crippen LogP contribution >= 0.6 is 23.2 Å². The molecule has 2 aromatic rings. The average molecular weight is 364 g/mol. The van der Waals surface area contributed by atoms with E-state index in [9.17, 15) is 13.6 Å². The SMILES string of the molecule is CC(Oc1cc(C(=O)O)nnc1N)c1c(Cl)cc(F)c(F)c1Cl.